The van der Waals surface area contributed by atoms with Crippen LogP contribution in [0.25, 0.3) is 0 Å². The van der Waals surface area contributed by atoms with Crippen LogP contribution in [0.15, 0.2) is 39.8 Å². The minimum Gasteiger partial charge on any atom is -0.387 e. The quantitative estimate of drug-likeness (QED) is 0.529. The third kappa shape index (κ3) is 5.86. The second-order valence-corrected chi connectivity index (χ2v) is 6.02. The number of aliphatic imine (C=N–C) groups is 1. The molecule has 0 saturated heterocycles. The summed E-state index contributed by atoms with van der Waals surface area (Å²) < 4.78 is 18.2. The lowest BCUT2D eigenvalue weighted by molar-refractivity contribution is 0.180. The van der Waals surface area contributed by atoms with E-state index in [4.69, 9.17) is 4.52 Å². The van der Waals surface area contributed by atoms with E-state index in [0.717, 1.165) is 5.69 Å². The molecule has 25 heavy (non-hydrogen) atoms. The standard InChI is InChI=1S/C18H25FN4O2/c1-4-20-18(21-10-15-9-16(12(2)3)23-25-15)22-11-17(24)13-5-7-14(19)8-6-13/h5-9,12,17,24H,4,10-11H2,1-3H3,(H2,20,21,22). The number of hydrogen-bond acceptors (Lipinski definition) is 4. The largest absolute Gasteiger partial charge is 0.387 e. The Kier molecular flexibility index (Phi) is 6.94. The van der Waals surface area contributed by atoms with Crippen molar-refractivity contribution < 1.29 is 14.0 Å². The summed E-state index contributed by atoms with van der Waals surface area (Å²) in [6, 6.07) is 7.68. The summed E-state index contributed by atoms with van der Waals surface area (Å²) in [6.45, 7) is 7.35. The van der Waals surface area contributed by atoms with Gasteiger partial charge in [-0.1, -0.05) is 31.1 Å². The van der Waals surface area contributed by atoms with Crippen molar-refractivity contribution >= 4 is 5.96 Å². The third-order valence-corrected chi connectivity index (χ3v) is 3.62. The van der Waals surface area contributed by atoms with E-state index < -0.39 is 6.10 Å². The molecule has 1 aromatic heterocycles. The van der Waals surface area contributed by atoms with E-state index in [1.807, 2.05) is 26.8 Å². The Bertz CT molecular complexity index is 683. The van der Waals surface area contributed by atoms with Gasteiger partial charge in [0.15, 0.2) is 11.7 Å². The first kappa shape index (κ1) is 18.9. The Morgan fingerprint density at radius 1 is 1.28 bits per heavy atom. The van der Waals surface area contributed by atoms with Gasteiger partial charge in [-0.05, 0) is 30.5 Å². The molecule has 0 aliphatic carbocycles. The fourth-order valence-corrected chi connectivity index (χ4v) is 2.17. The Morgan fingerprint density at radius 2 is 2.00 bits per heavy atom. The molecule has 3 N–H and O–H groups in total. The topological polar surface area (TPSA) is 82.7 Å². The van der Waals surface area contributed by atoms with Crippen molar-refractivity contribution in [3.8, 4) is 0 Å². The highest BCUT2D eigenvalue weighted by Crippen LogP contribution is 2.15. The van der Waals surface area contributed by atoms with Crippen LogP contribution in [-0.2, 0) is 6.54 Å². The number of aromatic nitrogens is 1. The van der Waals surface area contributed by atoms with Crippen LogP contribution in [0.2, 0.25) is 0 Å². The van der Waals surface area contributed by atoms with Crippen molar-refractivity contribution in [3.63, 3.8) is 0 Å². The number of benzene rings is 1. The smallest absolute Gasteiger partial charge is 0.191 e. The monoisotopic (exact) mass is 348 g/mol. The van der Waals surface area contributed by atoms with Crippen LogP contribution >= 0.6 is 0 Å². The number of guanidine groups is 1. The van der Waals surface area contributed by atoms with Crippen LogP contribution in [0.1, 0.15) is 49.8 Å². The van der Waals surface area contributed by atoms with E-state index in [0.29, 0.717) is 36.3 Å². The van der Waals surface area contributed by atoms with E-state index in [1.165, 1.54) is 12.1 Å². The first-order valence-electron chi connectivity index (χ1n) is 8.40. The number of hydrogen-bond donors (Lipinski definition) is 3. The molecule has 2 aromatic rings. The Hall–Kier alpha value is -2.41. The SMILES string of the molecule is CCNC(=NCc1cc(C(C)C)no1)NCC(O)c1ccc(F)cc1. The maximum atomic E-state index is 12.9. The van der Waals surface area contributed by atoms with Gasteiger partial charge in [0.25, 0.3) is 0 Å². The van der Waals surface area contributed by atoms with Gasteiger partial charge in [0.1, 0.15) is 12.4 Å². The summed E-state index contributed by atoms with van der Waals surface area (Å²) in [5, 5.41) is 20.4. The Morgan fingerprint density at radius 3 is 2.60 bits per heavy atom. The highest BCUT2D eigenvalue weighted by atomic mass is 19.1. The van der Waals surface area contributed by atoms with Crippen LogP contribution in [0.4, 0.5) is 4.39 Å². The van der Waals surface area contributed by atoms with Gasteiger partial charge < -0.3 is 20.3 Å². The zero-order valence-electron chi connectivity index (χ0n) is 14.8. The number of aliphatic hydroxyl groups excluding tert-OH is 1. The maximum Gasteiger partial charge on any atom is 0.191 e. The number of halogens is 1. The molecule has 1 heterocycles. The summed E-state index contributed by atoms with van der Waals surface area (Å²) in [7, 11) is 0. The fraction of sp³-hybridized carbons (Fsp3) is 0.444. The lowest BCUT2D eigenvalue weighted by Gasteiger charge is -2.15. The van der Waals surface area contributed by atoms with Gasteiger partial charge in [-0.2, -0.15) is 0 Å². The maximum absolute atomic E-state index is 12.9. The Balaban J connectivity index is 1.93. The van der Waals surface area contributed by atoms with Crippen molar-refractivity contribution in [1.82, 2.24) is 15.8 Å². The zero-order valence-corrected chi connectivity index (χ0v) is 14.8. The van der Waals surface area contributed by atoms with E-state index in [9.17, 15) is 9.50 Å². The highest BCUT2D eigenvalue weighted by Gasteiger charge is 2.10. The number of rotatable bonds is 7. The molecule has 1 atom stereocenters. The fourth-order valence-electron chi connectivity index (χ4n) is 2.17. The van der Waals surface area contributed by atoms with Crippen LogP contribution < -0.4 is 10.6 Å². The lowest BCUT2D eigenvalue weighted by atomic mass is 10.1. The van der Waals surface area contributed by atoms with Gasteiger partial charge in [0.05, 0.1) is 11.8 Å². The van der Waals surface area contributed by atoms with Gasteiger partial charge in [-0.15, -0.1) is 0 Å². The molecule has 0 aliphatic rings. The van der Waals surface area contributed by atoms with E-state index in [1.54, 1.807) is 12.1 Å². The van der Waals surface area contributed by atoms with Crippen molar-refractivity contribution in [3.05, 3.63) is 53.2 Å². The summed E-state index contributed by atoms with van der Waals surface area (Å²) in [5.41, 5.74) is 1.54. The third-order valence-electron chi connectivity index (χ3n) is 3.62. The van der Waals surface area contributed by atoms with Crippen molar-refractivity contribution in [2.45, 2.75) is 39.3 Å². The van der Waals surface area contributed by atoms with Crippen molar-refractivity contribution in [1.29, 1.82) is 0 Å². The number of nitrogens with zero attached hydrogens (tertiary/aromatic N) is 2. The number of nitrogens with one attached hydrogen (secondary N) is 2. The molecule has 0 radical (unpaired) electrons. The minimum absolute atomic E-state index is 0.255. The molecule has 0 fully saturated rings. The molecule has 7 heteroatoms. The van der Waals surface area contributed by atoms with Gasteiger partial charge in [0, 0.05) is 19.2 Å². The molecule has 6 nitrogen and oxygen atoms in total. The molecule has 2 rings (SSSR count). The van der Waals surface area contributed by atoms with Crippen LogP contribution in [0, 0.1) is 5.82 Å². The Labute approximate surface area is 147 Å². The molecular weight excluding hydrogens is 323 g/mol. The zero-order chi connectivity index (χ0) is 18.2. The molecule has 1 aromatic carbocycles. The summed E-state index contributed by atoms with van der Waals surface area (Å²) in [6.07, 6.45) is -0.762. The molecule has 0 spiro atoms. The summed E-state index contributed by atoms with van der Waals surface area (Å²) in [5.74, 6) is 1.22. The first-order chi connectivity index (χ1) is 12.0. The average molecular weight is 348 g/mol. The second kappa shape index (κ2) is 9.17. The minimum atomic E-state index is -0.762. The molecule has 0 amide bonds. The van der Waals surface area contributed by atoms with E-state index in [-0.39, 0.29) is 12.4 Å². The molecule has 136 valence electrons. The molecule has 0 bridgehead atoms. The first-order valence-corrected chi connectivity index (χ1v) is 8.40. The van der Waals surface area contributed by atoms with Crippen LogP contribution in [-0.4, -0.2) is 29.3 Å². The van der Waals surface area contributed by atoms with Crippen LogP contribution in [0.5, 0.6) is 0 Å². The van der Waals surface area contributed by atoms with Gasteiger partial charge in [-0.3, -0.25) is 0 Å². The summed E-state index contributed by atoms with van der Waals surface area (Å²) in [4.78, 5) is 4.43. The highest BCUT2D eigenvalue weighted by molar-refractivity contribution is 5.79. The average Bonchev–Trinajstić information content (AvgIpc) is 3.07. The molecular formula is C18H25FN4O2. The van der Waals surface area contributed by atoms with Gasteiger partial charge in [0.2, 0.25) is 0 Å². The number of aliphatic hydroxyl groups is 1. The molecule has 0 aliphatic heterocycles. The van der Waals surface area contributed by atoms with Gasteiger partial charge in [-0.25, -0.2) is 9.38 Å². The molecule has 1 unspecified atom stereocenters. The normalized spacial score (nSPS) is 13.1. The second-order valence-electron chi connectivity index (χ2n) is 6.02. The predicted octanol–water partition coefficient (Wildman–Crippen LogP) is 2.73. The predicted molar refractivity (Wildman–Crippen MR) is 94.8 cm³/mol. The van der Waals surface area contributed by atoms with Crippen molar-refractivity contribution in [2.24, 2.45) is 4.99 Å². The molecule has 0 saturated carbocycles. The van der Waals surface area contributed by atoms with Crippen molar-refractivity contribution in [2.75, 3.05) is 13.1 Å². The van der Waals surface area contributed by atoms with E-state index in [2.05, 4.69) is 20.8 Å². The van der Waals surface area contributed by atoms with Gasteiger partial charge >= 0.3 is 0 Å². The van der Waals surface area contributed by atoms with E-state index >= 15 is 0 Å². The van der Waals surface area contributed by atoms with Crippen LogP contribution in [0.3, 0.4) is 0 Å². The lowest BCUT2D eigenvalue weighted by Crippen LogP contribution is -2.39. The summed E-state index contributed by atoms with van der Waals surface area (Å²) >= 11 is 0.